The van der Waals surface area contributed by atoms with E-state index in [1.807, 2.05) is 24.3 Å². The Labute approximate surface area is 199 Å². The van der Waals surface area contributed by atoms with Gasteiger partial charge in [-0.2, -0.15) is 5.10 Å². The molecule has 3 rings (SSSR count). The standard InChI is InChI=1S/C24H22BrN3O5/c1-31-20-12-10-19(11-13-20)27-23(29)24(30)28-26-14-17-4-3-5-21(32-2)22(17)33-15-16-6-8-18(25)9-7-16/h3-14H,15H2,1-2H3,(H,27,29)(H,28,30)/b26-14-. The summed E-state index contributed by atoms with van der Waals surface area (Å²) >= 11 is 3.40. The Hall–Kier alpha value is -3.85. The first-order chi connectivity index (χ1) is 16.0. The van der Waals surface area contributed by atoms with Crippen LogP contribution in [-0.2, 0) is 16.2 Å². The summed E-state index contributed by atoms with van der Waals surface area (Å²) in [5.74, 6) is -0.154. The molecule has 2 amide bonds. The summed E-state index contributed by atoms with van der Waals surface area (Å²) in [6.07, 6.45) is 1.39. The van der Waals surface area contributed by atoms with Crippen molar-refractivity contribution in [3.05, 3.63) is 82.3 Å². The van der Waals surface area contributed by atoms with E-state index in [1.54, 1.807) is 49.6 Å². The highest BCUT2D eigenvalue weighted by Gasteiger charge is 2.14. The van der Waals surface area contributed by atoms with Gasteiger partial charge in [0, 0.05) is 15.7 Å². The quantitative estimate of drug-likeness (QED) is 0.269. The van der Waals surface area contributed by atoms with Gasteiger partial charge >= 0.3 is 11.8 Å². The molecule has 8 nitrogen and oxygen atoms in total. The Morgan fingerprint density at radius 3 is 2.33 bits per heavy atom. The van der Waals surface area contributed by atoms with Crippen molar-refractivity contribution in [2.75, 3.05) is 19.5 Å². The molecule has 3 aromatic carbocycles. The van der Waals surface area contributed by atoms with E-state index >= 15 is 0 Å². The molecule has 9 heteroatoms. The topological polar surface area (TPSA) is 98.2 Å². The van der Waals surface area contributed by atoms with Crippen LogP contribution in [0.2, 0.25) is 0 Å². The van der Waals surface area contributed by atoms with Crippen molar-refractivity contribution in [1.82, 2.24) is 5.43 Å². The summed E-state index contributed by atoms with van der Waals surface area (Å²) in [5.41, 5.74) is 4.21. The van der Waals surface area contributed by atoms with Crippen molar-refractivity contribution in [3.8, 4) is 17.2 Å². The Morgan fingerprint density at radius 2 is 1.67 bits per heavy atom. The van der Waals surface area contributed by atoms with Crippen LogP contribution in [-0.4, -0.2) is 32.2 Å². The first-order valence-corrected chi connectivity index (χ1v) is 10.6. The maximum absolute atomic E-state index is 12.1. The molecule has 33 heavy (non-hydrogen) atoms. The molecule has 0 saturated heterocycles. The van der Waals surface area contributed by atoms with Crippen molar-refractivity contribution < 1.29 is 23.8 Å². The summed E-state index contributed by atoms with van der Waals surface area (Å²) in [6.45, 7) is 0.311. The minimum absolute atomic E-state index is 0.311. The van der Waals surface area contributed by atoms with Crippen molar-refractivity contribution in [2.45, 2.75) is 6.61 Å². The number of benzene rings is 3. The van der Waals surface area contributed by atoms with Crippen LogP contribution in [0, 0.1) is 0 Å². The normalized spacial score (nSPS) is 10.5. The van der Waals surface area contributed by atoms with Crippen molar-refractivity contribution in [2.24, 2.45) is 5.10 Å². The fourth-order valence-electron chi connectivity index (χ4n) is 2.76. The number of amides is 2. The van der Waals surface area contributed by atoms with Crippen LogP contribution in [0.4, 0.5) is 5.69 Å². The Kier molecular flexibility index (Phi) is 8.43. The lowest BCUT2D eigenvalue weighted by Crippen LogP contribution is -2.32. The largest absolute Gasteiger partial charge is 0.497 e. The highest BCUT2D eigenvalue weighted by Crippen LogP contribution is 2.31. The van der Waals surface area contributed by atoms with Crippen LogP contribution in [0.3, 0.4) is 0 Å². The van der Waals surface area contributed by atoms with E-state index in [1.165, 1.54) is 13.3 Å². The second-order valence-corrected chi connectivity index (χ2v) is 7.59. The summed E-state index contributed by atoms with van der Waals surface area (Å²) in [4.78, 5) is 24.2. The lowest BCUT2D eigenvalue weighted by molar-refractivity contribution is -0.136. The Morgan fingerprint density at radius 1 is 0.939 bits per heavy atom. The molecular formula is C24H22BrN3O5. The van der Waals surface area contributed by atoms with Gasteiger partial charge in [0.05, 0.1) is 20.4 Å². The number of carbonyl (C=O) groups excluding carboxylic acids is 2. The molecule has 0 aliphatic heterocycles. The van der Waals surface area contributed by atoms with Crippen molar-refractivity contribution >= 4 is 39.6 Å². The first kappa shape index (κ1) is 23.8. The highest BCUT2D eigenvalue weighted by atomic mass is 79.9. The van der Waals surface area contributed by atoms with Gasteiger partial charge in [-0.25, -0.2) is 5.43 Å². The summed E-state index contributed by atoms with van der Waals surface area (Å²) in [6, 6.07) is 19.6. The van der Waals surface area contributed by atoms with Gasteiger partial charge in [-0.3, -0.25) is 9.59 Å². The third-order valence-corrected chi connectivity index (χ3v) is 4.98. The molecule has 2 N–H and O–H groups in total. The number of nitrogens with one attached hydrogen (secondary N) is 2. The van der Waals surface area contributed by atoms with Gasteiger partial charge in [-0.15, -0.1) is 0 Å². The molecule has 0 radical (unpaired) electrons. The molecular weight excluding hydrogens is 490 g/mol. The molecule has 0 atom stereocenters. The summed E-state index contributed by atoms with van der Waals surface area (Å²) < 4.78 is 17.4. The van der Waals surface area contributed by atoms with Gasteiger partial charge in [0.25, 0.3) is 0 Å². The van der Waals surface area contributed by atoms with Crippen LogP contribution in [0.25, 0.3) is 0 Å². The molecule has 0 aliphatic carbocycles. The lowest BCUT2D eigenvalue weighted by atomic mass is 10.2. The fraction of sp³-hybridized carbons (Fsp3) is 0.125. The number of halogens is 1. The van der Waals surface area contributed by atoms with E-state index in [0.717, 1.165) is 10.0 Å². The van der Waals surface area contributed by atoms with E-state index in [2.05, 4.69) is 31.8 Å². The summed E-state index contributed by atoms with van der Waals surface area (Å²) in [5, 5.41) is 6.37. The number of nitrogens with zero attached hydrogens (tertiary/aromatic N) is 1. The van der Waals surface area contributed by atoms with E-state index in [0.29, 0.717) is 35.1 Å². The third kappa shape index (κ3) is 6.81. The van der Waals surface area contributed by atoms with Gasteiger partial charge in [0.2, 0.25) is 0 Å². The molecule has 170 valence electrons. The second-order valence-electron chi connectivity index (χ2n) is 6.68. The molecule has 0 fully saturated rings. The third-order valence-electron chi connectivity index (χ3n) is 4.45. The van der Waals surface area contributed by atoms with Gasteiger partial charge in [-0.05, 0) is 54.1 Å². The number of rotatable bonds is 8. The van der Waals surface area contributed by atoms with E-state index < -0.39 is 11.8 Å². The van der Waals surface area contributed by atoms with Crippen molar-refractivity contribution in [1.29, 1.82) is 0 Å². The van der Waals surface area contributed by atoms with E-state index in [-0.39, 0.29) is 0 Å². The highest BCUT2D eigenvalue weighted by molar-refractivity contribution is 9.10. The number of carbonyl (C=O) groups is 2. The molecule has 0 spiro atoms. The predicted molar refractivity (Wildman–Crippen MR) is 129 cm³/mol. The van der Waals surface area contributed by atoms with Crippen molar-refractivity contribution in [3.63, 3.8) is 0 Å². The Bertz CT molecular complexity index is 1130. The fourth-order valence-corrected chi connectivity index (χ4v) is 3.02. The zero-order valence-corrected chi connectivity index (χ0v) is 19.6. The molecule has 0 saturated carbocycles. The van der Waals surface area contributed by atoms with E-state index in [9.17, 15) is 9.59 Å². The second kappa shape index (κ2) is 11.7. The molecule has 0 heterocycles. The zero-order valence-electron chi connectivity index (χ0n) is 18.0. The minimum atomic E-state index is -0.915. The SMILES string of the molecule is COc1ccc(NC(=O)C(=O)N/N=C\c2cccc(OC)c2OCc2ccc(Br)cc2)cc1. The monoisotopic (exact) mass is 511 g/mol. The average Bonchev–Trinajstić information content (AvgIpc) is 2.84. The van der Waals surface area contributed by atoms with Crippen LogP contribution in [0.5, 0.6) is 17.2 Å². The van der Waals surface area contributed by atoms with Gasteiger partial charge in [-0.1, -0.05) is 34.1 Å². The van der Waals surface area contributed by atoms with Crippen LogP contribution in [0.1, 0.15) is 11.1 Å². The number of ether oxygens (including phenoxy) is 3. The predicted octanol–water partition coefficient (Wildman–Crippen LogP) is 4.13. The number of anilines is 1. The summed E-state index contributed by atoms with van der Waals surface area (Å²) in [7, 11) is 3.08. The number of hydrazone groups is 1. The maximum atomic E-state index is 12.1. The zero-order chi connectivity index (χ0) is 23.6. The first-order valence-electron chi connectivity index (χ1n) is 9.83. The van der Waals surface area contributed by atoms with Gasteiger partial charge < -0.3 is 19.5 Å². The number of para-hydroxylation sites is 1. The van der Waals surface area contributed by atoms with E-state index in [4.69, 9.17) is 14.2 Å². The minimum Gasteiger partial charge on any atom is -0.497 e. The molecule has 3 aromatic rings. The molecule has 0 bridgehead atoms. The molecule has 0 aliphatic rings. The number of methoxy groups -OCH3 is 2. The van der Waals surface area contributed by atoms with Crippen LogP contribution >= 0.6 is 15.9 Å². The smallest absolute Gasteiger partial charge is 0.329 e. The van der Waals surface area contributed by atoms with Crippen LogP contribution in [0.15, 0.2) is 76.3 Å². The molecule has 0 aromatic heterocycles. The molecule has 0 unspecified atom stereocenters. The van der Waals surface area contributed by atoms with Gasteiger partial charge in [0.15, 0.2) is 11.5 Å². The lowest BCUT2D eigenvalue weighted by Gasteiger charge is -2.13. The van der Waals surface area contributed by atoms with Gasteiger partial charge in [0.1, 0.15) is 12.4 Å². The average molecular weight is 512 g/mol. The van der Waals surface area contributed by atoms with Crippen LogP contribution < -0.4 is 25.0 Å². The Balaban J connectivity index is 1.63. The maximum Gasteiger partial charge on any atom is 0.329 e. The number of hydrogen-bond acceptors (Lipinski definition) is 6. The number of hydrogen-bond donors (Lipinski definition) is 2.